The lowest BCUT2D eigenvalue weighted by atomic mass is 10.0. The molecule has 0 aliphatic rings. The molecule has 0 radical (unpaired) electrons. The third kappa shape index (κ3) is 6.66. The van der Waals surface area contributed by atoms with E-state index in [2.05, 4.69) is 21.5 Å². The van der Waals surface area contributed by atoms with Gasteiger partial charge >= 0.3 is 0 Å². The molecule has 2 heterocycles. The second-order valence-corrected chi connectivity index (χ2v) is 8.38. The van der Waals surface area contributed by atoms with Gasteiger partial charge in [0.05, 0.1) is 30.8 Å². The normalized spacial score (nSPS) is 11.8. The number of aromatic nitrogens is 3. The Morgan fingerprint density at radius 2 is 1.94 bits per heavy atom. The highest BCUT2D eigenvalue weighted by molar-refractivity contribution is 6.30. The van der Waals surface area contributed by atoms with Gasteiger partial charge in [0, 0.05) is 46.7 Å². The number of carbonyl (C=O) groups excluding carboxylic acids is 1. The van der Waals surface area contributed by atoms with Gasteiger partial charge in [-0.1, -0.05) is 60.1 Å². The third-order valence-electron chi connectivity index (χ3n) is 5.41. The van der Waals surface area contributed by atoms with Crippen LogP contribution < -0.4 is 5.32 Å². The molecule has 0 bridgehead atoms. The minimum atomic E-state index is -0.298. The van der Waals surface area contributed by atoms with Crippen molar-refractivity contribution in [2.75, 3.05) is 0 Å². The Bertz CT molecular complexity index is 1340. The molecule has 0 aliphatic carbocycles. The van der Waals surface area contributed by atoms with E-state index >= 15 is 0 Å². The molecule has 1 N–H and O–H groups in total. The number of rotatable bonds is 9. The number of nitriles is 1. The van der Waals surface area contributed by atoms with Crippen molar-refractivity contribution in [3.63, 3.8) is 0 Å². The van der Waals surface area contributed by atoms with Crippen LogP contribution in [-0.4, -0.2) is 20.7 Å². The molecule has 1 amide bonds. The molecule has 6 nitrogen and oxygen atoms in total. The van der Waals surface area contributed by atoms with Crippen molar-refractivity contribution in [1.29, 1.82) is 5.26 Å². The number of nitrogens with zero attached hydrogens (tertiary/aromatic N) is 4. The van der Waals surface area contributed by atoms with Crippen LogP contribution in [-0.2, 0) is 17.8 Å². The number of aryl methyl sites for hydroxylation is 1. The first-order valence-corrected chi connectivity index (χ1v) is 11.6. The Morgan fingerprint density at radius 1 is 1.11 bits per heavy atom. The quantitative estimate of drug-likeness (QED) is 0.314. The van der Waals surface area contributed by atoms with Crippen LogP contribution in [0, 0.1) is 11.3 Å². The van der Waals surface area contributed by atoms with E-state index in [-0.39, 0.29) is 11.9 Å². The molecule has 2 aromatic heterocycles. The van der Waals surface area contributed by atoms with Gasteiger partial charge in [-0.2, -0.15) is 10.4 Å². The maximum Gasteiger partial charge on any atom is 0.244 e. The van der Waals surface area contributed by atoms with Gasteiger partial charge in [-0.05, 0) is 35.9 Å². The first kappa shape index (κ1) is 23.9. The maximum atomic E-state index is 13.0. The van der Waals surface area contributed by atoms with Gasteiger partial charge in [-0.25, -0.2) is 0 Å². The van der Waals surface area contributed by atoms with E-state index in [1.807, 2.05) is 72.9 Å². The molecule has 4 rings (SSSR count). The van der Waals surface area contributed by atoms with Crippen molar-refractivity contribution in [1.82, 2.24) is 20.1 Å². The third-order valence-corrected chi connectivity index (χ3v) is 5.65. The van der Waals surface area contributed by atoms with Crippen LogP contribution in [0.15, 0.2) is 91.3 Å². The fourth-order valence-corrected chi connectivity index (χ4v) is 3.95. The lowest BCUT2D eigenvalue weighted by Gasteiger charge is -2.18. The van der Waals surface area contributed by atoms with E-state index in [0.717, 1.165) is 28.1 Å². The van der Waals surface area contributed by atoms with E-state index in [1.165, 1.54) is 6.08 Å². The molecule has 4 aromatic rings. The Kier molecular flexibility index (Phi) is 8.05. The fourth-order valence-electron chi connectivity index (χ4n) is 3.75. The number of nitrogens with one attached hydrogen (secondary N) is 1. The van der Waals surface area contributed by atoms with Crippen LogP contribution in [0.3, 0.4) is 0 Å². The highest BCUT2D eigenvalue weighted by Crippen LogP contribution is 2.24. The maximum absolute atomic E-state index is 13.0. The van der Waals surface area contributed by atoms with Crippen molar-refractivity contribution in [3.8, 4) is 17.3 Å². The summed E-state index contributed by atoms with van der Waals surface area (Å²) in [6.07, 6.45) is 7.74. The number of carbonyl (C=O) groups is 1. The number of hydrogen-bond acceptors (Lipinski definition) is 4. The lowest BCUT2D eigenvalue weighted by molar-refractivity contribution is -0.117. The van der Waals surface area contributed by atoms with E-state index in [1.54, 1.807) is 23.0 Å². The van der Waals surface area contributed by atoms with E-state index in [4.69, 9.17) is 16.9 Å². The van der Waals surface area contributed by atoms with Crippen molar-refractivity contribution in [2.24, 2.45) is 0 Å². The second kappa shape index (κ2) is 11.8. The summed E-state index contributed by atoms with van der Waals surface area (Å²) >= 11 is 6.21. The van der Waals surface area contributed by atoms with Crippen molar-refractivity contribution >= 4 is 23.6 Å². The summed E-state index contributed by atoms with van der Waals surface area (Å²) in [5.41, 5.74) is 4.27. The van der Waals surface area contributed by atoms with Crippen LogP contribution in [0.2, 0.25) is 5.02 Å². The van der Waals surface area contributed by atoms with Gasteiger partial charge in [0.25, 0.3) is 0 Å². The zero-order chi connectivity index (χ0) is 24.5. The minimum Gasteiger partial charge on any atom is -0.345 e. The Labute approximate surface area is 209 Å². The van der Waals surface area contributed by atoms with Gasteiger partial charge in [0.15, 0.2) is 0 Å². The molecule has 1 unspecified atom stereocenters. The largest absolute Gasteiger partial charge is 0.345 e. The SMILES string of the molecule is N#CCCn1cc(/C=C/C(=O)NC(Cc2ccccn2)c2cccc(Cl)c2)c(-c2ccccc2)n1. The molecule has 1 atom stereocenters. The van der Waals surface area contributed by atoms with Crippen LogP contribution in [0.5, 0.6) is 0 Å². The molecule has 0 fully saturated rings. The van der Waals surface area contributed by atoms with Gasteiger partial charge in [0.1, 0.15) is 0 Å². The van der Waals surface area contributed by atoms with Crippen LogP contribution in [0.25, 0.3) is 17.3 Å². The average Bonchev–Trinajstić information content (AvgIpc) is 3.30. The zero-order valence-electron chi connectivity index (χ0n) is 19.0. The van der Waals surface area contributed by atoms with E-state index in [9.17, 15) is 4.79 Å². The average molecular weight is 482 g/mol. The lowest BCUT2D eigenvalue weighted by Crippen LogP contribution is -2.28. The predicted octanol–water partition coefficient (Wildman–Crippen LogP) is 5.63. The van der Waals surface area contributed by atoms with Gasteiger partial charge < -0.3 is 5.32 Å². The Morgan fingerprint density at radius 3 is 2.69 bits per heavy atom. The summed E-state index contributed by atoms with van der Waals surface area (Å²) in [7, 11) is 0. The molecule has 35 heavy (non-hydrogen) atoms. The highest BCUT2D eigenvalue weighted by Gasteiger charge is 2.16. The number of hydrogen-bond donors (Lipinski definition) is 1. The summed E-state index contributed by atoms with van der Waals surface area (Å²) in [6, 6.07) is 24.8. The number of benzene rings is 2. The van der Waals surface area contributed by atoms with Crippen LogP contribution in [0.1, 0.15) is 29.3 Å². The molecule has 2 aromatic carbocycles. The zero-order valence-corrected chi connectivity index (χ0v) is 19.8. The Balaban J connectivity index is 1.56. The number of halogens is 1. The first-order valence-electron chi connectivity index (χ1n) is 11.3. The molecule has 0 saturated heterocycles. The molecular formula is C28H24ClN5O. The fraction of sp³-hybridized carbons (Fsp3) is 0.143. The van der Waals surface area contributed by atoms with Crippen LogP contribution >= 0.6 is 11.6 Å². The molecule has 0 spiro atoms. The molecular weight excluding hydrogens is 458 g/mol. The standard InChI is InChI=1S/C28H24ClN5O/c29-24-11-6-10-22(18-24)26(19-25-12-4-5-16-31-25)32-27(35)14-13-23-20-34(17-7-15-30)33-28(23)21-8-2-1-3-9-21/h1-6,8-14,16,18,20,26H,7,17,19H2,(H,32,35)/b14-13+. The minimum absolute atomic E-state index is 0.241. The van der Waals surface area contributed by atoms with Crippen molar-refractivity contribution in [3.05, 3.63) is 113 Å². The summed E-state index contributed by atoms with van der Waals surface area (Å²) in [5, 5.41) is 17.2. The molecule has 0 aliphatic heterocycles. The van der Waals surface area contributed by atoms with Gasteiger partial charge in [-0.15, -0.1) is 0 Å². The predicted molar refractivity (Wildman–Crippen MR) is 137 cm³/mol. The monoisotopic (exact) mass is 481 g/mol. The van der Waals surface area contributed by atoms with Gasteiger partial charge in [-0.3, -0.25) is 14.5 Å². The van der Waals surface area contributed by atoms with Crippen LogP contribution in [0.4, 0.5) is 0 Å². The second-order valence-electron chi connectivity index (χ2n) is 7.94. The highest BCUT2D eigenvalue weighted by atomic mass is 35.5. The summed E-state index contributed by atoms with van der Waals surface area (Å²) in [5.74, 6) is -0.241. The smallest absolute Gasteiger partial charge is 0.244 e. The molecule has 7 heteroatoms. The number of amides is 1. The molecule has 0 saturated carbocycles. The molecule has 174 valence electrons. The van der Waals surface area contributed by atoms with Gasteiger partial charge in [0.2, 0.25) is 5.91 Å². The Hall–Kier alpha value is -4.21. The van der Waals surface area contributed by atoms with E-state index < -0.39 is 0 Å². The number of pyridine rings is 1. The van der Waals surface area contributed by atoms with E-state index in [0.29, 0.717) is 24.4 Å². The summed E-state index contributed by atoms with van der Waals surface area (Å²) in [6.45, 7) is 0.483. The van der Waals surface area contributed by atoms with Crippen molar-refractivity contribution < 1.29 is 4.79 Å². The summed E-state index contributed by atoms with van der Waals surface area (Å²) in [4.78, 5) is 17.4. The first-order chi connectivity index (χ1) is 17.1. The summed E-state index contributed by atoms with van der Waals surface area (Å²) < 4.78 is 1.74. The topological polar surface area (TPSA) is 83.6 Å². The van der Waals surface area contributed by atoms with Crippen molar-refractivity contribution in [2.45, 2.75) is 25.4 Å².